The van der Waals surface area contributed by atoms with Gasteiger partial charge in [0.05, 0.1) is 0 Å². The number of benzene rings is 3. The van der Waals surface area contributed by atoms with Crippen LogP contribution in [0, 0.1) is 0 Å². The number of rotatable bonds is 6. The number of nitrogen functional groups attached to an aromatic ring is 1. The fourth-order valence-electron chi connectivity index (χ4n) is 3.00. The molecule has 13 heteroatoms. The van der Waals surface area contributed by atoms with Crippen molar-refractivity contribution in [1.29, 1.82) is 0 Å². The molecule has 0 unspecified atom stereocenters. The summed E-state index contributed by atoms with van der Waals surface area (Å²) in [6, 6.07) is 12.1. The summed E-state index contributed by atoms with van der Waals surface area (Å²) in [6.45, 7) is 0. The lowest BCUT2D eigenvalue weighted by Crippen LogP contribution is -2.14. The molecule has 0 aromatic heterocycles. The van der Waals surface area contributed by atoms with E-state index < -0.39 is 41.8 Å². The minimum absolute atomic E-state index is 0.00832. The molecule has 3 aromatic rings. The number of amides is 2. The lowest BCUT2D eigenvalue weighted by molar-refractivity contribution is 0.0995. The predicted molar refractivity (Wildman–Crippen MR) is 119 cm³/mol. The summed E-state index contributed by atoms with van der Waals surface area (Å²) in [7, 11) is -9.70. The number of primary amides is 1. The van der Waals surface area contributed by atoms with Crippen LogP contribution in [0.3, 0.4) is 0 Å². The zero-order valence-electron chi connectivity index (χ0n) is 16.6. The van der Waals surface area contributed by atoms with E-state index in [1.165, 1.54) is 42.5 Å². The number of hydrogen-bond acceptors (Lipinski definition) is 7. The highest BCUT2D eigenvalue weighted by Crippen LogP contribution is 2.35. The quantitative estimate of drug-likeness (QED) is 0.251. The number of anilines is 2. The summed E-state index contributed by atoms with van der Waals surface area (Å²) in [5.41, 5.74) is 10.5. The van der Waals surface area contributed by atoms with Crippen LogP contribution in [0.25, 0.3) is 11.1 Å². The first-order chi connectivity index (χ1) is 15.3. The van der Waals surface area contributed by atoms with E-state index in [4.69, 9.17) is 11.5 Å². The van der Waals surface area contributed by atoms with Crippen LogP contribution in [0.15, 0.2) is 70.5 Å². The minimum Gasteiger partial charge on any atom is -0.399 e. The first-order valence-electron chi connectivity index (χ1n) is 8.97. The normalized spacial score (nSPS) is 11.7. The second-order valence-electron chi connectivity index (χ2n) is 6.81. The van der Waals surface area contributed by atoms with E-state index in [9.17, 15) is 35.5 Å². The Morgan fingerprint density at radius 1 is 0.727 bits per heavy atom. The zero-order chi connectivity index (χ0) is 24.6. The van der Waals surface area contributed by atoms with Crippen LogP contribution in [0.4, 0.5) is 11.4 Å². The van der Waals surface area contributed by atoms with Crippen molar-refractivity contribution in [3.05, 3.63) is 71.8 Å². The Morgan fingerprint density at radius 3 is 1.73 bits per heavy atom. The molecule has 0 fully saturated rings. The molecule has 7 N–H and O–H groups in total. The molecule has 0 aliphatic heterocycles. The molecule has 0 heterocycles. The maximum absolute atomic E-state index is 12.5. The molecule has 0 saturated heterocycles. The topological polar surface area (TPSA) is 207 Å². The number of nitrogens with one attached hydrogen (secondary N) is 1. The van der Waals surface area contributed by atoms with E-state index in [1.807, 2.05) is 0 Å². The van der Waals surface area contributed by atoms with Gasteiger partial charge in [-0.2, -0.15) is 16.8 Å². The van der Waals surface area contributed by atoms with E-state index in [0.717, 1.165) is 18.2 Å². The van der Waals surface area contributed by atoms with Gasteiger partial charge in [-0.15, -0.1) is 0 Å². The van der Waals surface area contributed by atoms with Gasteiger partial charge in [-0.25, -0.2) is 0 Å². The average molecular weight is 492 g/mol. The first kappa shape index (κ1) is 23.9. The fraction of sp³-hybridized carbons (Fsp3) is 0. The molecular formula is C20H17N3O8S2. The Labute approximate surface area is 188 Å². The van der Waals surface area contributed by atoms with E-state index in [0.29, 0.717) is 0 Å². The molecule has 3 rings (SSSR count). The monoisotopic (exact) mass is 491 g/mol. The number of nitrogens with two attached hydrogens (primary N) is 2. The van der Waals surface area contributed by atoms with Gasteiger partial charge in [0.25, 0.3) is 26.1 Å². The molecule has 0 aliphatic rings. The maximum Gasteiger partial charge on any atom is 0.295 e. The van der Waals surface area contributed by atoms with Crippen molar-refractivity contribution in [2.75, 3.05) is 11.1 Å². The molecular weight excluding hydrogens is 474 g/mol. The summed E-state index contributed by atoms with van der Waals surface area (Å²) < 4.78 is 66.8. The highest BCUT2D eigenvalue weighted by Gasteiger charge is 2.24. The second kappa shape index (κ2) is 8.63. The fourth-order valence-corrected chi connectivity index (χ4v) is 4.47. The maximum atomic E-state index is 12.5. The zero-order valence-corrected chi connectivity index (χ0v) is 18.2. The summed E-state index contributed by atoms with van der Waals surface area (Å²) in [4.78, 5) is 22.2. The van der Waals surface area contributed by atoms with Gasteiger partial charge in [0.15, 0.2) is 0 Å². The van der Waals surface area contributed by atoms with Crippen LogP contribution >= 0.6 is 0 Å². The van der Waals surface area contributed by atoms with Gasteiger partial charge in [-0.05, 0) is 48.5 Å². The van der Waals surface area contributed by atoms with Gasteiger partial charge in [0.1, 0.15) is 9.79 Å². The van der Waals surface area contributed by atoms with Crippen molar-refractivity contribution in [3.8, 4) is 11.1 Å². The summed E-state index contributed by atoms with van der Waals surface area (Å²) >= 11 is 0. The van der Waals surface area contributed by atoms with Gasteiger partial charge in [0, 0.05) is 33.6 Å². The van der Waals surface area contributed by atoms with Crippen LogP contribution in [-0.4, -0.2) is 37.8 Å². The summed E-state index contributed by atoms with van der Waals surface area (Å²) in [5, 5.41) is 2.43. The van der Waals surface area contributed by atoms with Gasteiger partial charge in [-0.3, -0.25) is 18.7 Å². The number of carbonyl (C=O) groups is 2. The van der Waals surface area contributed by atoms with Crippen LogP contribution in [-0.2, 0) is 20.2 Å². The molecule has 3 aromatic carbocycles. The van der Waals surface area contributed by atoms with Crippen molar-refractivity contribution in [3.63, 3.8) is 0 Å². The largest absolute Gasteiger partial charge is 0.399 e. The molecule has 11 nitrogen and oxygen atoms in total. The van der Waals surface area contributed by atoms with Gasteiger partial charge < -0.3 is 16.8 Å². The van der Waals surface area contributed by atoms with Crippen molar-refractivity contribution >= 4 is 43.4 Å². The first-order valence-corrected chi connectivity index (χ1v) is 11.9. The summed E-state index contributed by atoms with van der Waals surface area (Å²) in [5.74, 6) is -1.34. The van der Waals surface area contributed by atoms with Crippen molar-refractivity contribution in [1.82, 2.24) is 0 Å². The van der Waals surface area contributed by atoms with Crippen molar-refractivity contribution in [2.24, 2.45) is 5.73 Å². The predicted octanol–water partition coefficient (Wildman–Crippen LogP) is 1.78. The van der Waals surface area contributed by atoms with E-state index in [1.54, 1.807) is 0 Å². The van der Waals surface area contributed by atoms with Gasteiger partial charge in [0.2, 0.25) is 5.91 Å². The van der Waals surface area contributed by atoms with Crippen LogP contribution in [0.1, 0.15) is 20.7 Å². The summed E-state index contributed by atoms with van der Waals surface area (Å²) in [6.07, 6.45) is 0. The molecule has 33 heavy (non-hydrogen) atoms. The van der Waals surface area contributed by atoms with Crippen LogP contribution in [0.5, 0.6) is 0 Å². The van der Waals surface area contributed by atoms with E-state index in [2.05, 4.69) is 5.32 Å². The molecule has 0 radical (unpaired) electrons. The SMILES string of the molecule is NC(=O)c1ccc(C(=O)Nc2ccc(-c3ccc(N)cc3S(=O)(=O)O)c(S(=O)(=O)O)c2)cc1. The minimum atomic E-state index is -4.90. The van der Waals surface area contributed by atoms with Gasteiger partial charge in [-0.1, -0.05) is 12.1 Å². The lowest BCUT2D eigenvalue weighted by atomic mass is 10.0. The Kier molecular flexibility index (Phi) is 6.24. The average Bonchev–Trinajstić information content (AvgIpc) is 2.72. The van der Waals surface area contributed by atoms with E-state index >= 15 is 0 Å². The molecule has 0 aliphatic carbocycles. The second-order valence-corrected chi connectivity index (χ2v) is 9.59. The molecule has 0 atom stereocenters. The third kappa shape index (κ3) is 5.35. The van der Waals surface area contributed by atoms with E-state index in [-0.39, 0.29) is 33.6 Å². The van der Waals surface area contributed by atoms with Crippen LogP contribution in [0.2, 0.25) is 0 Å². The Bertz CT molecular complexity index is 1480. The smallest absolute Gasteiger partial charge is 0.295 e. The Balaban J connectivity index is 2.06. The standard InChI is InChI=1S/C20H17N3O8S2/c21-13-5-7-15(17(9-13)32(26,27)28)16-8-6-14(10-18(16)33(29,30)31)23-20(25)12-3-1-11(2-4-12)19(22)24/h1-10H,21H2,(H2,22,24)(H,23,25)(H,26,27,28)(H,29,30,31). The molecule has 0 saturated carbocycles. The van der Waals surface area contributed by atoms with Crippen molar-refractivity contribution < 1.29 is 35.5 Å². The van der Waals surface area contributed by atoms with Crippen LogP contribution < -0.4 is 16.8 Å². The molecule has 172 valence electrons. The third-order valence-electron chi connectivity index (χ3n) is 4.52. The Hall–Kier alpha value is -3.78. The lowest BCUT2D eigenvalue weighted by Gasteiger charge is -2.14. The highest BCUT2D eigenvalue weighted by atomic mass is 32.2. The molecule has 0 bridgehead atoms. The van der Waals surface area contributed by atoms with Crippen molar-refractivity contribution in [2.45, 2.75) is 9.79 Å². The molecule has 0 spiro atoms. The van der Waals surface area contributed by atoms with Gasteiger partial charge >= 0.3 is 0 Å². The third-order valence-corrected chi connectivity index (χ3v) is 6.31. The number of hydrogen-bond donors (Lipinski definition) is 5. The highest BCUT2D eigenvalue weighted by molar-refractivity contribution is 7.86. The molecule has 2 amide bonds. The number of carbonyl (C=O) groups excluding carboxylic acids is 2. The Morgan fingerprint density at radius 2 is 1.21 bits per heavy atom.